The Balaban J connectivity index is 0.00000420. The van der Waals surface area contributed by atoms with E-state index < -0.39 is 0 Å². The molecule has 0 saturated heterocycles. The summed E-state index contributed by atoms with van der Waals surface area (Å²) in [6.07, 6.45) is 1.59. The molecule has 0 aliphatic rings. The molecule has 2 rings (SSSR count). The van der Waals surface area contributed by atoms with Crippen molar-refractivity contribution in [1.29, 1.82) is 0 Å². The molecule has 1 heterocycles. The number of aromatic nitrogens is 1. The maximum atomic E-state index is 12.1. The maximum Gasteiger partial charge on any atom is 0.251 e. The monoisotopic (exact) mass is 515 g/mol. The van der Waals surface area contributed by atoms with Gasteiger partial charge in [-0.25, -0.2) is 4.99 Å². The number of halogens is 1. The number of nitrogens with zero attached hydrogens (tertiary/aromatic N) is 2. The molecule has 0 spiro atoms. The summed E-state index contributed by atoms with van der Waals surface area (Å²) in [7, 11) is 0. The molecule has 1 aromatic heterocycles. The summed E-state index contributed by atoms with van der Waals surface area (Å²) in [6.45, 7) is 8.27. The molecule has 4 N–H and O–H groups in total. The van der Waals surface area contributed by atoms with Crippen molar-refractivity contribution in [2.45, 2.75) is 40.2 Å². The number of rotatable bonds is 9. The number of phenols is 1. The summed E-state index contributed by atoms with van der Waals surface area (Å²) in [4.78, 5) is 16.7. The first-order valence-corrected chi connectivity index (χ1v) is 9.64. The lowest BCUT2D eigenvalue weighted by Gasteiger charge is -2.12. The number of carbonyl (C=O) groups is 1. The fraction of sp³-hybridized carbons (Fsp3) is 0.450. The highest BCUT2D eigenvalue weighted by Crippen LogP contribution is 2.16. The van der Waals surface area contributed by atoms with Crippen molar-refractivity contribution in [3.8, 4) is 5.75 Å². The third-order valence-electron chi connectivity index (χ3n) is 4.18. The third-order valence-corrected chi connectivity index (χ3v) is 4.18. The van der Waals surface area contributed by atoms with E-state index in [9.17, 15) is 9.90 Å². The highest BCUT2D eigenvalue weighted by molar-refractivity contribution is 14.0. The van der Waals surface area contributed by atoms with Gasteiger partial charge in [-0.2, -0.15) is 0 Å². The summed E-state index contributed by atoms with van der Waals surface area (Å²) in [5, 5.41) is 22.6. The minimum absolute atomic E-state index is 0. The van der Waals surface area contributed by atoms with Gasteiger partial charge in [-0.3, -0.25) is 4.79 Å². The number of aromatic hydroxyl groups is 1. The fourth-order valence-electron chi connectivity index (χ4n) is 2.69. The van der Waals surface area contributed by atoms with Gasteiger partial charge in [-0.15, -0.1) is 24.0 Å². The Morgan fingerprint density at radius 3 is 2.38 bits per heavy atom. The van der Waals surface area contributed by atoms with E-state index in [0.717, 1.165) is 36.4 Å². The molecule has 0 fully saturated rings. The van der Waals surface area contributed by atoms with Crippen molar-refractivity contribution in [2.24, 2.45) is 4.99 Å². The van der Waals surface area contributed by atoms with Gasteiger partial charge in [-0.05, 0) is 37.6 Å². The Kier molecular flexibility index (Phi) is 11.1. The Bertz CT molecular complexity index is 768. The van der Waals surface area contributed by atoms with Crippen LogP contribution in [0.5, 0.6) is 5.75 Å². The lowest BCUT2D eigenvalue weighted by atomic mass is 10.1. The standard InChI is InChI=1S/C20H29N5O3.HI/c1-4-17-16(18(5-2)28-25-17)13-24-20(21-6-3)23-12-11-22-19(27)14-7-9-15(26)10-8-14;/h7-10,26H,4-6,11-13H2,1-3H3,(H,22,27)(H2,21,23,24);1H. The largest absolute Gasteiger partial charge is 0.508 e. The number of phenolic OH excluding ortho intramolecular Hbond substituents is 1. The van der Waals surface area contributed by atoms with Gasteiger partial charge in [0, 0.05) is 37.2 Å². The van der Waals surface area contributed by atoms with Crippen LogP contribution in [-0.2, 0) is 19.4 Å². The van der Waals surface area contributed by atoms with Gasteiger partial charge in [0.2, 0.25) is 0 Å². The molecule has 0 aliphatic carbocycles. The van der Waals surface area contributed by atoms with Crippen molar-refractivity contribution in [3.63, 3.8) is 0 Å². The van der Waals surface area contributed by atoms with Crippen molar-refractivity contribution in [2.75, 3.05) is 19.6 Å². The predicted molar refractivity (Wildman–Crippen MR) is 124 cm³/mol. The molecule has 0 saturated carbocycles. The number of aryl methyl sites for hydroxylation is 2. The van der Waals surface area contributed by atoms with Gasteiger partial charge in [0.15, 0.2) is 5.96 Å². The Morgan fingerprint density at radius 1 is 1.07 bits per heavy atom. The molecule has 29 heavy (non-hydrogen) atoms. The van der Waals surface area contributed by atoms with Crippen LogP contribution in [0.1, 0.15) is 48.1 Å². The SMILES string of the molecule is CCNC(=NCc1c(CC)noc1CC)NCCNC(=O)c1ccc(O)cc1.I. The van der Waals surface area contributed by atoms with Crippen LogP contribution in [0, 0.1) is 0 Å². The summed E-state index contributed by atoms with van der Waals surface area (Å²) in [5.74, 6) is 1.49. The first-order chi connectivity index (χ1) is 13.6. The maximum absolute atomic E-state index is 12.1. The third kappa shape index (κ3) is 7.56. The van der Waals surface area contributed by atoms with Gasteiger partial charge >= 0.3 is 0 Å². The quantitative estimate of drug-likeness (QED) is 0.177. The van der Waals surface area contributed by atoms with E-state index in [4.69, 9.17) is 4.52 Å². The molecular formula is C20H30IN5O3. The second-order valence-corrected chi connectivity index (χ2v) is 6.16. The topological polar surface area (TPSA) is 112 Å². The molecule has 1 amide bonds. The summed E-state index contributed by atoms with van der Waals surface area (Å²) in [6, 6.07) is 6.14. The number of hydrogen-bond donors (Lipinski definition) is 4. The van der Waals surface area contributed by atoms with Crippen LogP contribution in [0.2, 0.25) is 0 Å². The van der Waals surface area contributed by atoms with Gasteiger partial charge in [0.05, 0.1) is 12.2 Å². The van der Waals surface area contributed by atoms with Gasteiger partial charge in [0.1, 0.15) is 11.5 Å². The highest BCUT2D eigenvalue weighted by Gasteiger charge is 2.13. The van der Waals surface area contributed by atoms with Crippen LogP contribution in [0.4, 0.5) is 0 Å². The zero-order valence-corrected chi connectivity index (χ0v) is 19.4. The van der Waals surface area contributed by atoms with Crippen LogP contribution in [0.15, 0.2) is 33.8 Å². The number of aliphatic imine (C=N–C) groups is 1. The lowest BCUT2D eigenvalue weighted by Crippen LogP contribution is -2.41. The Labute approximate surface area is 188 Å². The molecule has 1 aromatic carbocycles. The second kappa shape index (κ2) is 13.0. The first kappa shape index (κ1) is 24.7. The van der Waals surface area contributed by atoms with Crippen LogP contribution < -0.4 is 16.0 Å². The van der Waals surface area contributed by atoms with E-state index in [2.05, 4.69) is 26.1 Å². The van der Waals surface area contributed by atoms with E-state index in [1.165, 1.54) is 12.1 Å². The summed E-state index contributed by atoms with van der Waals surface area (Å²) >= 11 is 0. The van der Waals surface area contributed by atoms with Crippen LogP contribution in [0.3, 0.4) is 0 Å². The van der Waals surface area contributed by atoms with E-state index in [1.54, 1.807) is 12.1 Å². The molecule has 0 bridgehead atoms. The average Bonchev–Trinajstić information content (AvgIpc) is 3.11. The molecule has 8 nitrogen and oxygen atoms in total. The van der Waals surface area contributed by atoms with Crippen molar-refractivity contribution < 1.29 is 14.4 Å². The second-order valence-electron chi connectivity index (χ2n) is 6.16. The van der Waals surface area contributed by atoms with Gasteiger partial charge in [0.25, 0.3) is 5.91 Å². The minimum atomic E-state index is -0.187. The van der Waals surface area contributed by atoms with Crippen LogP contribution in [-0.4, -0.2) is 41.8 Å². The van der Waals surface area contributed by atoms with E-state index >= 15 is 0 Å². The number of amides is 1. The first-order valence-electron chi connectivity index (χ1n) is 9.64. The molecule has 0 unspecified atom stereocenters. The fourth-order valence-corrected chi connectivity index (χ4v) is 2.69. The molecule has 0 radical (unpaired) electrons. The molecule has 0 aliphatic heterocycles. The van der Waals surface area contributed by atoms with Gasteiger partial charge < -0.3 is 25.6 Å². The van der Waals surface area contributed by atoms with Gasteiger partial charge in [-0.1, -0.05) is 19.0 Å². The lowest BCUT2D eigenvalue weighted by molar-refractivity contribution is 0.0954. The normalized spacial score (nSPS) is 10.9. The van der Waals surface area contributed by atoms with E-state index in [1.807, 2.05) is 20.8 Å². The van der Waals surface area contributed by atoms with E-state index in [-0.39, 0.29) is 35.6 Å². The van der Waals surface area contributed by atoms with Crippen molar-refractivity contribution in [3.05, 3.63) is 46.8 Å². The number of hydrogen-bond acceptors (Lipinski definition) is 5. The van der Waals surface area contributed by atoms with E-state index in [0.29, 0.717) is 31.2 Å². The number of guanidine groups is 1. The zero-order chi connectivity index (χ0) is 20.4. The predicted octanol–water partition coefficient (Wildman–Crippen LogP) is 2.61. The van der Waals surface area contributed by atoms with Crippen molar-refractivity contribution in [1.82, 2.24) is 21.1 Å². The number of carbonyl (C=O) groups excluding carboxylic acids is 1. The molecule has 9 heteroatoms. The Morgan fingerprint density at radius 2 is 1.76 bits per heavy atom. The summed E-state index contributed by atoms with van der Waals surface area (Å²) < 4.78 is 5.38. The molecule has 160 valence electrons. The van der Waals surface area contributed by atoms with Crippen molar-refractivity contribution >= 4 is 35.8 Å². The molecule has 2 aromatic rings. The average molecular weight is 515 g/mol. The summed E-state index contributed by atoms with van der Waals surface area (Å²) in [5.41, 5.74) is 2.49. The zero-order valence-electron chi connectivity index (χ0n) is 17.1. The Hall–Kier alpha value is -2.30. The molecular weight excluding hydrogens is 485 g/mol. The number of nitrogens with one attached hydrogen (secondary N) is 3. The van der Waals surface area contributed by atoms with Crippen LogP contribution in [0.25, 0.3) is 0 Å². The van der Waals surface area contributed by atoms with Crippen LogP contribution >= 0.6 is 24.0 Å². The minimum Gasteiger partial charge on any atom is -0.508 e. The molecule has 0 atom stereocenters. The smallest absolute Gasteiger partial charge is 0.251 e. The highest BCUT2D eigenvalue weighted by atomic mass is 127. The number of benzene rings is 1.